The fraction of sp³-hybridized carbons (Fsp3) is 0.176. The van der Waals surface area contributed by atoms with Gasteiger partial charge in [-0.1, -0.05) is 18.2 Å². The lowest BCUT2D eigenvalue weighted by Crippen LogP contribution is -2.22. The molecule has 0 bridgehead atoms. The van der Waals surface area contributed by atoms with Gasteiger partial charge in [-0.05, 0) is 36.4 Å². The Morgan fingerprint density at radius 3 is 2.22 bits per heavy atom. The Hall–Kier alpha value is -2.86. The van der Waals surface area contributed by atoms with E-state index >= 15 is 0 Å². The standard InChI is InChI=1S/C17H17NO5/c1-21-12-17(20)22-11-16(19)18-13-7-9-15(10-8-13)23-14-5-3-2-4-6-14/h2-10H,11-12H2,1H3,(H,18,19). The molecule has 0 aliphatic rings. The number of anilines is 1. The number of carbonyl (C=O) groups is 2. The highest BCUT2D eigenvalue weighted by Gasteiger charge is 2.07. The van der Waals surface area contributed by atoms with Gasteiger partial charge in [-0.3, -0.25) is 4.79 Å². The summed E-state index contributed by atoms with van der Waals surface area (Å²) in [4.78, 5) is 22.7. The van der Waals surface area contributed by atoms with Crippen molar-refractivity contribution in [2.75, 3.05) is 25.6 Å². The maximum absolute atomic E-state index is 11.6. The van der Waals surface area contributed by atoms with Crippen LogP contribution in [0.4, 0.5) is 5.69 Å². The molecular weight excluding hydrogens is 298 g/mol. The Morgan fingerprint density at radius 1 is 0.913 bits per heavy atom. The van der Waals surface area contributed by atoms with E-state index in [1.165, 1.54) is 7.11 Å². The number of methoxy groups -OCH3 is 1. The number of ether oxygens (including phenoxy) is 3. The zero-order valence-corrected chi connectivity index (χ0v) is 12.7. The quantitative estimate of drug-likeness (QED) is 0.795. The third-order valence-corrected chi connectivity index (χ3v) is 2.74. The van der Waals surface area contributed by atoms with Gasteiger partial charge in [0.2, 0.25) is 0 Å². The van der Waals surface area contributed by atoms with Crippen molar-refractivity contribution in [1.82, 2.24) is 0 Å². The summed E-state index contributed by atoms with van der Waals surface area (Å²) < 4.78 is 15.0. The molecule has 0 aromatic heterocycles. The second-order valence-corrected chi connectivity index (χ2v) is 4.58. The largest absolute Gasteiger partial charge is 0.457 e. The number of nitrogens with one attached hydrogen (secondary N) is 1. The molecule has 1 amide bonds. The second-order valence-electron chi connectivity index (χ2n) is 4.58. The van der Waals surface area contributed by atoms with Crippen LogP contribution in [0.3, 0.4) is 0 Å². The van der Waals surface area contributed by atoms with Crippen LogP contribution in [-0.2, 0) is 19.1 Å². The lowest BCUT2D eigenvalue weighted by Gasteiger charge is -2.08. The average molecular weight is 315 g/mol. The lowest BCUT2D eigenvalue weighted by atomic mass is 10.3. The lowest BCUT2D eigenvalue weighted by molar-refractivity contribution is -0.150. The first kappa shape index (κ1) is 16.5. The third-order valence-electron chi connectivity index (χ3n) is 2.74. The first-order valence-electron chi connectivity index (χ1n) is 6.95. The fourth-order valence-electron chi connectivity index (χ4n) is 1.73. The molecule has 0 saturated carbocycles. The van der Waals surface area contributed by atoms with E-state index in [2.05, 4.69) is 10.1 Å². The van der Waals surface area contributed by atoms with E-state index in [0.717, 1.165) is 5.75 Å². The number of benzene rings is 2. The summed E-state index contributed by atoms with van der Waals surface area (Å²) in [5.74, 6) is 0.371. The molecule has 0 spiro atoms. The summed E-state index contributed by atoms with van der Waals surface area (Å²) in [7, 11) is 1.38. The first-order valence-corrected chi connectivity index (χ1v) is 6.95. The van der Waals surface area contributed by atoms with E-state index in [1.807, 2.05) is 30.3 Å². The van der Waals surface area contributed by atoms with Crippen LogP contribution in [0.5, 0.6) is 11.5 Å². The van der Waals surface area contributed by atoms with Crippen LogP contribution >= 0.6 is 0 Å². The van der Waals surface area contributed by atoms with Crippen LogP contribution in [-0.4, -0.2) is 32.2 Å². The number of para-hydroxylation sites is 1. The minimum absolute atomic E-state index is 0.182. The van der Waals surface area contributed by atoms with Gasteiger partial charge in [0.25, 0.3) is 5.91 Å². The number of hydrogen-bond donors (Lipinski definition) is 1. The molecule has 0 saturated heterocycles. The Labute approximate surface area is 134 Å². The highest BCUT2D eigenvalue weighted by atomic mass is 16.6. The molecule has 1 N–H and O–H groups in total. The molecule has 6 nitrogen and oxygen atoms in total. The third kappa shape index (κ3) is 5.80. The van der Waals surface area contributed by atoms with Gasteiger partial charge in [0.05, 0.1) is 0 Å². The van der Waals surface area contributed by atoms with Crippen molar-refractivity contribution >= 4 is 17.6 Å². The molecule has 2 rings (SSSR count). The molecule has 0 fully saturated rings. The topological polar surface area (TPSA) is 73.9 Å². The van der Waals surface area contributed by atoms with Gasteiger partial charge in [0, 0.05) is 12.8 Å². The molecule has 0 unspecified atom stereocenters. The van der Waals surface area contributed by atoms with Crippen molar-refractivity contribution in [2.45, 2.75) is 0 Å². The smallest absolute Gasteiger partial charge is 0.332 e. The number of rotatable bonds is 7. The Bertz CT molecular complexity index is 640. The van der Waals surface area contributed by atoms with Crippen LogP contribution in [0.15, 0.2) is 54.6 Å². The SMILES string of the molecule is COCC(=O)OCC(=O)Nc1ccc(Oc2ccccc2)cc1. The molecule has 2 aromatic rings. The van der Waals surface area contributed by atoms with Crippen molar-refractivity contribution in [3.8, 4) is 11.5 Å². The van der Waals surface area contributed by atoms with E-state index in [1.54, 1.807) is 24.3 Å². The predicted octanol–water partition coefficient (Wildman–Crippen LogP) is 2.61. The summed E-state index contributed by atoms with van der Waals surface area (Å²) in [6.07, 6.45) is 0. The number of esters is 1. The molecule has 2 aromatic carbocycles. The van der Waals surface area contributed by atoms with E-state index < -0.39 is 11.9 Å². The molecule has 23 heavy (non-hydrogen) atoms. The van der Waals surface area contributed by atoms with E-state index in [-0.39, 0.29) is 13.2 Å². The molecule has 0 radical (unpaired) electrons. The van der Waals surface area contributed by atoms with Gasteiger partial charge >= 0.3 is 5.97 Å². The number of hydrogen-bond acceptors (Lipinski definition) is 5. The van der Waals surface area contributed by atoms with Crippen molar-refractivity contribution in [3.63, 3.8) is 0 Å². The normalized spacial score (nSPS) is 9.96. The monoisotopic (exact) mass is 315 g/mol. The van der Waals surface area contributed by atoms with Gasteiger partial charge < -0.3 is 19.5 Å². The molecular formula is C17H17NO5. The minimum Gasteiger partial charge on any atom is -0.457 e. The van der Waals surface area contributed by atoms with Gasteiger partial charge in [0.15, 0.2) is 6.61 Å². The molecule has 120 valence electrons. The Kier molecular flexibility index (Phi) is 6.14. The van der Waals surface area contributed by atoms with Gasteiger partial charge in [-0.2, -0.15) is 0 Å². The fourth-order valence-corrected chi connectivity index (χ4v) is 1.73. The zero-order chi connectivity index (χ0) is 16.5. The minimum atomic E-state index is -0.589. The summed E-state index contributed by atoms with van der Waals surface area (Å²) in [6, 6.07) is 16.3. The molecule has 0 heterocycles. The van der Waals surface area contributed by atoms with Crippen molar-refractivity contribution < 1.29 is 23.8 Å². The van der Waals surface area contributed by atoms with Gasteiger partial charge in [-0.15, -0.1) is 0 Å². The number of carbonyl (C=O) groups excluding carboxylic acids is 2. The maximum atomic E-state index is 11.6. The highest BCUT2D eigenvalue weighted by Crippen LogP contribution is 2.22. The summed E-state index contributed by atoms with van der Waals surface area (Å²) in [5, 5.41) is 2.62. The van der Waals surface area contributed by atoms with E-state index in [4.69, 9.17) is 9.47 Å². The van der Waals surface area contributed by atoms with Crippen molar-refractivity contribution in [3.05, 3.63) is 54.6 Å². The van der Waals surface area contributed by atoms with Crippen molar-refractivity contribution in [1.29, 1.82) is 0 Å². The van der Waals surface area contributed by atoms with Crippen LogP contribution < -0.4 is 10.1 Å². The summed E-state index contributed by atoms with van der Waals surface area (Å²) in [6.45, 7) is -0.538. The van der Waals surface area contributed by atoms with Crippen LogP contribution in [0, 0.1) is 0 Å². The van der Waals surface area contributed by atoms with Gasteiger partial charge in [0.1, 0.15) is 18.1 Å². The van der Waals surface area contributed by atoms with Crippen molar-refractivity contribution in [2.24, 2.45) is 0 Å². The Balaban J connectivity index is 1.82. The maximum Gasteiger partial charge on any atom is 0.332 e. The van der Waals surface area contributed by atoms with E-state index in [0.29, 0.717) is 11.4 Å². The molecule has 0 aliphatic carbocycles. The van der Waals surface area contributed by atoms with Crippen LogP contribution in [0.1, 0.15) is 0 Å². The summed E-state index contributed by atoms with van der Waals surface area (Å²) in [5.41, 5.74) is 0.582. The molecule has 0 aliphatic heterocycles. The Morgan fingerprint density at radius 2 is 1.57 bits per heavy atom. The van der Waals surface area contributed by atoms with E-state index in [9.17, 15) is 9.59 Å². The molecule has 0 atom stereocenters. The average Bonchev–Trinajstić information content (AvgIpc) is 2.56. The molecule has 6 heteroatoms. The van der Waals surface area contributed by atoms with Gasteiger partial charge in [-0.25, -0.2) is 4.79 Å². The zero-order valence-electron chi connectivity index (χ0n) is 12.7. The predicted molar refractivity (Wildman–Crippen MR) is 84.4 cm³/mol. The van der Waals surface area contributed by atoms with Crippen LogP contribution in [0.2, 0.25) is 0 Å². The number of amides is 1. The van der Waals surface area contributed by atoms with Crippen LogP contribution in [0.25, 0.3) is 0 Å². The highest BCUT2D eigenvalue weighted by molar-refractivity contribution is 5.92. The second kappa shape index (κ2) is 8.55. The first-order chi connectivity index (χ1) is 11.2. The summed E-state index contributed by atoms with van der Waals surface area (Å²) >= 11 is 0.